The Bertz CT molecular complexity index is 637. The average molecular weight is 280 g/mol. The highest BCUT2D eigenvalue weighted by Crippen LogP contribution is 2.31. The molecule has 0 fully saturated rings. The van der Waals surface area contributed by atoms with Crippen LogP contribution in [0.15, 0.2) is 48.5 Å². The number of carbonyl (C=O) groups excluding carboxylic acids is 1. The van der Waals surface area contributed by atoms with Crippen LogP contribution in [0.4, 0.5) is 11.4 Å². The van der Waals surface area contributed by atoms with Crippen LogP contribution in [0.1, 0.15) is 30.4 Å². The maximum atomic E-state index is 12.5. The molecule has 1 atom stereocenters. The van der Waals surface area contributed by atoms with E-state index in [2.05, 4.69) is 16.7 Å². The van der Waals surface area contributed by atoms with Crippen molar-refractivity contribution < 1.29 is 4.79 Å². The van der Waals surface area contributed by atoms with Gasteiger partial charge in [-0.25, -0.2) is 0 Å². The summed E-state index contributed by atoms with van der Waals surface area (Å²) in [5, 5.41) is 6.47. The Labute approximate surface area is 125 Å². The van der Waals surface area contributed by atoms with Gasteiger partial charge in [0.1, 0.15) is 0 Å². The molecule has 1 aliphatic heterocycles. The monoisotopic (exact) mass is 280 g/mol. The highest BCUT2D eigenvalue weighted by Gasteiger charge is 2.18. The highest BCUT2D eigenvalue weighted by molar-refractivity contribution is 5.98. The lowest BCUT2D eigenvalue weighted by atomic mass is 9.99. The Morgan fingerprint density at radius 3 is 2.76 bits per heavy atom. The van der Waals surface area contributed by atoms with E-state index in [0.717, 1.165) is 36.3 Å². The Balaban J connectivity index is 1.79. The molecule has 2 N–H and O–H groups in total. The molecule has 1 amide bonds. The molecule has 1 heterocycles. The van der Waals surface area contributed by atoms with Gasteiger partial charge in [0.2, 0.25) is 5.91 Å². The number of fused-ring (bicyclic) bond motifs is 1. The van der Waals surface area contributed by atoms with Crippen molar-refractivity contribution in [2.75, 3.05) is 17.2 Å². The number of amides is 1. The quantitative estimate of drug-likeness (QED) is 0.898. The summed E-state index contributed by atoms with van der Waals surface area (Å²) in [5.41, 5.74) is 4.29. The SMILES string of the molecule is CC(C(=O)Nc1cccc2c1NCCC2)c1ccccc1. The van der Waals surface area contributed by atoms with Crippen LogP contribution >= 0.6 is 0 Å². The number of nitrogens with one attached hydrogen (secondary N) is 2. The number of rotatable bonds is 3. The first-order valence-electron chi connectivity index (χ1n) is 7.47. The van der Waals surface area contributed by atoms with E-state index in [4.69, 9.17) is 0 Å². The lowest BCUT2D eigenvalue weighted by molar-refractivity contribution is -0.117. The van der Waals surface area contributed by atoms with Crippen molar-refractivity contribution in [1.82, 2.24) is 0 Å². The van der Waals surface area contributed by atoms with Gasteiger partial charge in [-0.15, -0.1) is 0 Å². The van der Waals surface area contributed by atoms with Crippen LogP contribution in [-0.2, 0) is 11.2 Å². The average Bonchev–Trinajstić information content (AvgIpc) is 2.55. The Morgan fingerprint density at radius 1 is 1.14 bits per heavy atom. The predicted octanol–water partition coefficient (Wildman–Crippen LogP) is 3.79. The summed E-state index contributed by atoms with van der Waals surface area (Å²) in [5.74, 6) is -0.132. The summed E-state index contributed by atoms with van der Waals surface area (Å²) in [6, 6.07) is 16.0. The Kier molecular flexibility index (Phi) is 3.91. The topological polar surface area (TPSA) is 41.1 Å². The molecule has 108 valence electrons. The fourth-order valence-corrected chi connectivity index (χ4v) is 2.75. The third kappa shape index (κ3) is 2.92. The van der Waals surface area contributed by atoms with Crippen LogP contribution in [0.25, 0.3) is 0 Å². The molecule has 0 saturated heterocycles. The molecule has 2 aromatic rings. The van der Waals surface area contributed by atoms with E-state index in [9.17, 15) is 4.79 Å². The lowest BCUT2D eigenvalue weighted by Crippen LogP contribution is -2.21. The number of carbonyl (C=O) groups is 1. The van der Waals surface area contributed by atoms with Gasteiger partial charge in [-0.3, -0.25) is 4.79 Å². The van der Waals surface area contributed by atoms with E-state index in [1.54, 1.807) is 0 Å². The van der Waals surface area contributed by atoms with E-state index in [0.29, 0.717) is 0 Å². The zero-order valence-corrected chi connectivity index (χ0v) is 12.2. The molecule has 3 rings (SSSR count). The number of aryl methyl sites for hydroxylation is 1. The number of benzene rings is 2. The third-order valence-corrected chi connectivity index (χ3v) is 4.03. The highest BCUT2D eigenvalue weighted by atomic mass is 16.1. The molecule has 21 heavy (non-hydrogen) atoms. The summed E-state index contributed by atoms with van der Waals surface area (Å²) in [7, 11) is 0. The molecule has 3 heteroatoms. The molecule has 1 unspecified atom stereocenters. The fraction of sp³-hybridized carbons (Fsp3) is 0.278. The fourth-order valence-electron chi connectivity index (χ4n) is 2.75. The summed E-state index contributed by atoms with van der Waals surface area (Å²) in [6.45, 7) is 2.90. The Morgan fingerprint density at radius 2 is 1.95 bits per heavy atom. The van der Waals surface area contributed by atoms with E-state index in [1.807, 2.05) is 49.4 Å². The molecule has 0 aromatic heterocycles. The van der Waals surface area contributed by atoms with Gasteiger partial charge in [0.15, 0.2) is 0 Å². The van der Waals surface area contributed by atoms with E-state index >= 15 is 0 Å². The first-order valence-corrected chi connectivity index (χ1v) is 7.47. The summed E-state index contributed by atoms with van der Waals surface area (Å²) < 4.78 is 0. The molecule has 0 saturated carbocycles. The van der Waals surface area contributed by atoms with Crippen LogP contribution < -0.4 is 10.6 Å². The molecule has 1 aliphatic rings. The second-order valence-electron chi connectivity index (χ2n) is 5.49. The van der Waals surface area contributed by atoms with Gasteiger partial charge in [0.05, 0.1) is 17.3 Å². The van der Waals surface area contributed by atoms with Gasteiger partial charge in [-0.05, 0) is 37.0 Å². The van der Waals surface area contributed by atoms with Crippen molar-refractivity contribution in [3.8, 4) is 0 Å². The summed E-state index contributed by atoms with van der Waals surface area (Å²) in [6.07, 6.45) is 2.21. The standard InChI is InChI=1S/C18H20N2O/c1-13(14-7-3-2-4-8-14)18(21)20-16-11-5-9-15-10-6-12-19-17(15)16/h2-5,7-9,11,13,19H,6,10,12H2,1H3,(H,20,21). The molecule has 2 aromatic carbocycles. The molecule has 0 radical (unpaired) electrons. The minimum Gasteiger partial charge on any atom is -0.383 e. The Hall–Kier alpha value is -2.29. The van der Waals surface area contributed by atoms with Crippen molar-refractivity contribution in [3.63, 3.8) is 0 Å². The number of hydrogen-bond acceptors (Lipinski definition) is 2. The maximum Gasteiger partial charge on any atom is 0.231 e. The van der Waals surface area contributed by atoms with Gasteiger partial charge in [-0.1, -0.05) is 42.5 Å². The van der Waals surface area contributed by atoms with Gasteiger partial charge < -0.3 is 10.6 Å². The first-order chi connectivity index (χ1) is 10.3. The normalized spacial score (nSPS) is 14.7. The number of para-hydroxylation sites is 1. The zero-order chi connectivity index (χ0) is 14.7. The minimum absolute atomic E-state index is 0.0296. The first kappa shape index (κ1) is 13.7. The second-order valence-corrected chi connectivity index (χ2v) is 5.49. The minimum atomic E-state index is -0.161. The van der Waals surface area contributed by atoms with Crippen molar-refractivity contribution in [2.45, 2.75) is 25.7 Å². The zero-order valence-electron chi connectivity index (χ0n) is 12.2. The van der Waals surface area contributed by atoms with Crippen LogP contribution in [0.3, 0.4) is 0 Å². The van der Waals surface area contributed by atoms with Gasteiger partial charge in [-0.2, -0.15) is 0 Å². The van der Waals surface area contributed by atoms with Crippen LogP contribution in [0, 0.1) is 0 Å². The molecule has 0 aliphatic carbocycles. The second kappa shape index (κ2) is 6.00. The summed E-state index contributed by atoms with van der Waals surface area (Å²) in [4.78, 5) is 12.5. The number of anilines is 2. The van der Waals surface area contributed by atoms with Gasteiger partial charge >= 0.3 is 0 Å². The molecule has 0 bridgehead atoms. The van der Waals surface area contributed by atoms with Crippen molar-refractivity contribution in [2.24, 2.45) is 0 Å². The van der Waals surface area contributed by atoms with E-state index < -0.39 is 0 Å². The van der Waals surface area contributed by atoms with Crippen molar-refractivity contribution >= 4 is 17.3 Å². The molecule has 0 spiro atoms. The number of hydrogen-bond donors (Lipinski definition) is 2. The lowest BCUT2D eigenvalue weighted by Gasteiger charge is -2.22. The smallest absolute Gasteiger partial charge is 0.231 e. The molecule has 3 nitrogen and oxygen atoms in total. The maximum absolute atomic E-state index is 12.5. The molecular formula is C18H20N2O. The van der Waals surface area contributed by atoms with E-state index in [1.165, 1.54) is 5.56 Å². The van der Waals surface area contributed by atoms with Crippen LogP contribution in [0.5, 0.6) is 0 Å². The van der Waals surface area contributed by atoms with Crippen LogP contribution in [-0.4, -0.2) is 12.5 Å². The molecular weight excluding hydrogens is 260 g/mol. The van der Waals surface area contributed by atoms with Crippen molar-refractivity contribution in [1.29, 1.82) is 0 Å². The van der Waals surface area contributed by atoms with E-state index in [-0.39, 0.29) is 11.8 Å². The summed E-state index contributed by atoms with van der Waals surface area (Å²) >= 11 is 0. The van der Waals surface area contributed by atoms with Gasteiger partial charge in [0.25, 0.3) is 0 Å². The predicted molar refractivity (Wildman–Crippen MR) is 86.7 cm³/mol. The third-order valence-electron chi connectivity index (χ3n) is 4.03. The van der Waals surface area contributed by atoms with Gasteiger partial charge in [0, 0.05) is 6.54 Å². The van der Waals surface area contributed by atoms with Crippen LogP contribution in [0.2, 0.25) is 0 Å². The van der Waals surface area contributed by atoms with Crippen molar-refractivity contribution in [3.05, 3.63) is 59.7 Å². The largest absolute Gasteiger partial charge is 0.383 e.